The summed E-state index contributed by atoms with van der Waals surface area (Å²) in [6, 6.07) is 11.4. The van der Waals surface area contributed by atoms with Gasteiger partial charge in [-0.3, -0.25) is 19.7 Å². The monoisotopic (exact) mass is 705 g/mol. The zero-order chi connectivity index (χ0) is 32.0. The number of methoxy groups -OCH3 is 2. The van der Waals surface area contributed by atoms with Crippen molar-refractivity contribution in [3.63, 3.8) is 0 Å². The van der Waals surface area contributed by atoms with Crippen molar-refractivity contribution in [3.8, 4) is 23.0 Å². The van der Waals surface area contributed by atoms with Crippen LogP contribution in [0.3, 0.4) is 0 Å². The molecule has 0 saturated carbocycles. The van der Waals surface area contributed by atoms with Crippen molar-refractivity contribution in [1.29, 1.82) is 0 Å². The van der Waals surface area contributed by atoms with Crippen LogP contribution in [0, 0.1) is 0 Å². The van der Waals surface area contributed by atoms with Gasteiger partial charge in [-0.15, -0.1) is 0 Å². The smallest absolute Gasteiger partial charge is 0.335 e. The fourth-order valence-electron chi connectivity index (χ4n) is 4.06. The lowest BCUT2D eigenvalue weighted by Gasteiger charge is -2.27. The molecule has 0 aromatic heterocycles. The first kappa shape index (κ1) is 32.6. The number of amides is 5. The highest BCUT2D eigenvalue weighted by atomic mass is 79.9. The molecule has 0 spiro atoms. The van der Waals surface area contributed by atoms with Crippen molar-refractivity contribution in [2.75, 3.05) is 37.7 Å². The maximum Gasteiger partial charge on any atom is 0.335 e. The fraction of sp³-hybridized carbons (Fsp3) is 0.200. The van der Waals surface area contributed by atoms with Gasteiger partial charge in [-0.1, -0.05) is 30.1 Å². The van der Waals surface area contributed by atoms with Gasteiger partial charge in [0.1, 0.15) is 5.57 Å². The molecule has 2 N–H and O–H groups in total. The van der Waals surface area contributed by atoms with E-state index < -0.39 is 23.8 Å². The molecule has 44 heavy (non-hydrogen) atoms. The van der Waals surface area contributed by atoms with Gasteiger partial charge in [-0.05, 0) is 76.5 Å². The van der Waals surface area contributed by atoms with Crippen LogP contribution >= 0.6 is 39.1 Å². The van der Waals surface area contributed by atoms with Crippen LogP contribution in [0.25, 0.3) is 6.08 Å². The minimum atomic E-state index is -0.914. The Morgan fingerprint density at radius 3 is 2.39 bits per heavy atom. The van der Waals surface area contributed by atoms with E-state index in [1.54, 1.807) is 24.3 Å². The van der Waals surface area contributed by atoms with Gasteiger partial charge in [0.2, 0.25) is 0 Å². The maximum atomic E-state index is 13.5. The lowest BCUT2D eigenvalue weighted by Crippen LogP contribution is -2.54. The lowest BCUT2D eigenvalue weighted by molar-refractivity contribution is -0.122. The van der Waals surface area contributed by atoms with E-state index in [0.29, 0.717) is 38.9 Å². The summed E-state index contributed by atoms with van der Waals surface area (Å²) in [7, 11) is 2.83. The van der Waals surface area contributed by atoms with E-state index >= 15 is 0 Å². The molecule has 230 valence electrons. The van der Waals surface area contributed by atoms with Crippen LogP contribution in [0.5, 0.6) is 23.0 Å². The minimum Gasteiger partial charge on any atom is -0.493 e. The van der Waals surface area contributed by atoms with E-state index in [9.17, 15) is 19.2 Å². The Hall–Kier alpha value is -4.26. The number of nitrogens with zero attached hydrogens (tertiary/aromatic N) is 1. The molecule has 11 nitrogen and oxygen atoms in total. The average molecular weight is 707 g/mol. The summed E-state index contributed by atoms with van der Waals surface area (Å²) >= 11 is 15.3. The van der Waals surface area contributed by atoms with Crippen molar-refractivity contribution in [3.05, 3.63) is 74.2 Å². The Kier molecular flexibility index (Phi) is 10.7. The number of anilines is 2. The number of urea groups is 1. The first-order valence-corrected chi connectivity index (χ1v) is 14.6. The van der Waals surface area contributed by atoms with E-state index in [1.807, 2.05) is 6.92 Å². The molecular formula is C30H26BrCl2N3O8. The molecule has 14 heteroatoms. The summed E-state index contributed by atoms with van der Waals surface area (Å²) in [4.78, 5) is 52.2. The second-order valence-corrected chi connectivity index (χ2v) is 10.8. The minimum absolute atomic E-state index is 0.174. The Bertz CT molecular complexity index is 1660. The first-order valence-electron chi connectivity index (χ1n) is 13.0. The molecule has 1 heterocycles. The summed E-state index contributed by atoms with van der Waals surface area (Å²) in [5.74, 6) is -1.03. The summed E-state index contributed by atoms with van der Waals surface area (Å²) in [6.45, 7) is 2.03. The largest absolute Gasteiger partial charge is 0.493 e. The molecule has 0 radical (unpaired) electrons. The number of ether oxygens (including phenoxy) is 4. The highest BCUT2D eigenvalue weighted by Crippen LogP contribution is 2.38. The number of hydrogen-bond acceptors (Lipinski definition) is 8. The third-order valence-electron chi connectivity index (χ3n) is 6.08. The van der Waals surface area contributed by atoms with E-state index in [0.717, 1.165) is 11.3 Å². The Labute approximate surface area is 271 Å². The second-order valence-electron chi connectivity index (χ2n) is 9.14. The van der Waals surface area contributed by atoms with Crippen LogP contribution in [0.2, 0.25) is 10.0 Å². The van der Waals surface area contributed by atoms with Gasteiger partial charge in [0.15, 0.2) is 29.6 Å². The molecule has 4 rings (SSSR count). The standard InChI is InChI=1S/C30H26BrCl2N3O8/c1-4-9-43-23-8-6-18(14-24(23)41-2)36-29(39)19(28(38)35-30(36)40)10-16-11-20(31)27(25(12-16)42-3)44-15-26(37)34-17-5-7-21(32)22(33)13-17/h5-8,10-14H,4,9,15H2,1-3H3,(H,34,37)(H,35,38,40)/b19-10-. The number of barbiturate groups is 1. The van der Waals surface area contributed by atoms with E-state index in [2.05, 4.69) is 26.6 Å². The van der Waals surface area contributed by atoms with Crippen LogP contribution in [-0.4, -0.2) is 51.2 Å². The lowest BCUT2D eigenvalue weighted by atomic mass is 10.1. The van der Waals surface area contributed by atoms with Crippen molar-refractivity contribution in [1.82, 2.24) is 5.32 Å². The van der Waals surface area contributed by atoms with Crippen molar-refractivity contribution in [2.24, 2.45) is 0 Å². The molecule has 3 aromatic carbocycles. The third-order valence-corrected chi connectivity index (χ3v) is 7.41. The third kappa shape index (κ3) is 7.44. The number of carbonyl (C=O) groups is 4. The van der Waals surface area contributed by atoms with Crippen molar-refractivity contribution < 1.29 is 38.1 Å². The summed E-state index contributed by atoms with van der Waals surface area (Å²) in [5, 5.41) is 5.47. The van der Waals surface area contributed by atoms with Crippen LogP contribution < -0.4 is 34.5 Å². The molecule has 1 saturated heterocycles. The Morgan fingerprint density at radius 1 is 0.955 bits per heavy atom. The average Bonchev–Trinajstić information content (AvgIpc) is 2.99. The highest BCUT2D eigenvalue weighted by Gasteiger charge is 2.37. The zero-order valence-corrected chi connectivity index (χ0v) is 26.8. The number of imide groups is 2. The van der Waals surface area contributed by atoms with Crippen molar-refractivity contribution >= 4 is 80.3 Å². The van der Waals surface area contributed by atoms with Gasteiger partial charge in [-0.2, -0.15) is 0 Å². The number of rotatable bonds is 11. The quantitative estimate of drug-likeness (QED) is 0.177. The molecule has 1 fully saturated rings. The predicted octanol–water partition coefficient (Wildman–Crippen LogP) is 6.25. The van der Waals surface area contributed by atoms with Gasteiger partial charge in [0.05, 0.1) is 41.0 Å². The molecule has 1 aliphatic rings. The van der Waals surface area contributed by atoms with Crippen LogP contribution in [-0.2, 0) is 14.4 Å². The van der Waals surface area contributed by atoms with E-state index in [1.165, 1.54) is 44.6 Å². The number of carbonyl (C=O) groups excluding carboxylic acids is 4. The van der Waals surface area contributed by atoms with Gasteiger partial charge in [0.25, 0.3) is 17.7 Å². The van der Waals surface area contributed by atoms with Crippen LogP contribution in [0.4, 0.5) is 16.2 Å². The number of hydrogen-bond donors (Lipinski definition) is 2. The van der Waals surface area contributed by atoms with Crippen LogP contribution in [0.1, 0.15) is 18.9 Å². The molecule has 0 bridgehead atoms. The Morgan fingerprint density at radius 2 is 1.70 bits per heavy atom. The van der Waals surface area contributed by atoms with Gasteiger partial charge in [0, 0.05) is 11.8 Å². The maximum absolute atomic E-state index is 13.5. The zero-order valence-electron chi connectivity index (χ0n) is 23.7. The molecule has 1 aliphatic heterocycles. The molecule has 3 aromatic rings. The fourth-order valence-corrected chi connectivity index (χ4v) is 4.93. The van der Waals surface area contributed by atoms with E-state index in [-0.39, 0.29) is 34.4 Å². The SMILES string of the molecule is CCCOc1ccc(N2C(=O)NC(=O)/C(=C/c3cc(Br)c(OCC(=O)Nc4ccc(Cl)c(Cl)c4)c(OC)c3)C2=O)cc1OC. The molecule has 0 aliphatic carbocycles. The van der Waals surface area contributed by atoms with Gasteiger partial charge >= 0.3 is 6.03 Å². The number of nitrogens with one attached hydrogen (secondary N) is 2. The molecule has 5 amide bonds. The van der Waals surface area contributed by atoms with E-state index in [4.69, 9.17) is 42.1 Å². The van der Waals surface area contributed by atoms with Gasteiger partial charge < -0.3 is 24.3 Å². The highest BCUT2D eigenvalue weighted by molar-refractivity contribution is 9.10. The molecule has 0 unspecified atom stereocenters. The second kappa shape index (κ2) is 14.5. The summed E-state index contributed by atoms with van der Waals surface area (Å²) < 4.78 is 22.5. The first-order chi connectivity index (χ1) is 21.1. The molecule has 0 atom stereocenters. The summed E-state index contributed by atoms with van der Waals surface area (Å²) in [5.41, 5.74) is 0.671. The predicted molar refractivity (Wildman–Crippen MR) is 169 cm³/mol. The van der Waals surface area contributed by atoms with Crippen LogP contribution in [0.15, 0.2) is 58.6 Å². The van der Waals surface area contributed by atoms with Crippen molar-refractivity contribution in [2.45, 2.75) is 13.3 Å². The topological polar surface area (TPSA) is 132 Å². The number of halogens is 3. The number of benzene rings is 3. The van der Waals surface area contributed by atoms with Gasteiger partial charge in [-0.25, -0.2) is 9.69 Å². The normalized spacial score (nSPS) is 13.9. The summed E-state index contributed by atoms with van der Waals surface area (Å²) in [6.07, 6.45) is 2.08. The molecular weight excluding hydrogens is 681 g/mol. The Balaban J connectivity index is 1.56.